The lowest BCUT2D eigenvalue weighted by Gasteiger charge is -2.10. The minimum atomic E-state index is -0.318. The van der Waals surface area contributed by atoms with Crippen molar-refractivity contribution in [3.63, 3.8) is 0 Å². The summed E-state index contributed by atoms with van der Waals surface area (Å²) in [4.78, 5) is 10.7. The van der Waals surface area contributed by atoms with E-state index in [2.05, 4.69) is 5.32 Å². The van der Waals surface area contributed by atoms with Gasteiger partial charge >= 0.3 is 0 Å². The standard InChI is InChI=1S/C9H10ClNO3.C2H6/c1-4-8(13)6(10)3-7(9(4)14)11-5(2)12;1-2/h3,13-14H,1-2H3,(H,11,12);1-2H3. The minimum absolute atomic E-state index is 0.0871. The lowest BCUT2D eigenvalue weighted by atomic mass is 10.1. The maximum atomic E-state index is 10.7. The minimum Gasteiger partial charge on any atom is -0.506 e. The number of benzene rings is 1. The SMILES string of the molecule is CC.CC(=O)Nc1cc(Cl)c(O)c(C)c1O. The van der Waals surface area contributed by atoms with E-state index in [9.17, 15) is 15.0 Å². The smallest absolute Gasteiger partial charge is 0.221 e. The third-order valence-electron chi connectivity index (χ3n) is 1.77. The van der Waals surface area contributed by atoms with E-state index in [1.165, 1.54) is 19.9 Å². The van der Waals surface area contributed by atoms with Gasteiger partial charge in [0.15, 0.2) is 0 Å². The molecule has 1 aromatic carbocycles. The predicted molar refractivity (Wildman–Crippen MR) is 65.2 cm³/mol. The van der Waals surface area contributed by atoms with Gasteiger partial charge in [0, 0.05) is 12.5 Å². The van der Waals surface area contributed by atoms with Crippen LogP contribution >= 0.6 is 11.6 Å². The zero-order valence-electron chi connectivity index (χ0n) is 9.76. The van der Waals surface area contributed by atoms with Gasteiger partial charge in [0.1, 0.15) is 11.5 Å². The van der Waals surface area contributed by atoms with Gasteiger partial charge < -0.3 is 15.5 Å². The van der Waals surface area contributed by atoms with Gasteiger partial charge in [0.25, 0.3) is 0 Å². The highest BCUT2D eigenvalue weighted by Crippen LogP contribution is 2.39. The number of amides is 1. The van der Waals surface area contributed by atoms with E-state index in [1.54, 1.807) is 0 Å². The van der Waals surface area contributed by atoms with Crippen molar-refractivity contribution in [3.8, 4) is 11.5 Å². The van der Waals surface area contributed by atoms with Gasteiger partial charge in [0.05, 0.1) is 10.7 Å². The fourth-order valence-electron chi connectivity index (χ4n) is 1.04. The van der Waals surface area contributed by atoms with E-state index in [0.717, 1.165) is 0 Å². The molecule has 1 amide bonds. The quantitative estimate of drug-likeness (QED) is 0.526. The Kier molecular flexibility index (Phi) is 5.67. The number of aromatic hydroxyl groups is 2. The number of nitrogens with one attached hydrogen (secondary N) is 1. The average molecular weight is 246 g/mol. The average Bonchev–Trinajstić information content (AvgIpc) is 2.25. The molecule has 0 saturated heterocycles. The predicted octanol–water partition coefficient (Wildman–Crippen LogP) is 3.04. The monoisotopic (exact) mass is 245 g/mol. The fraction of sp³-hybridized carbons (Fsp3) is 0.364. The summed E-state index contributed by atoms with van der Waals surface area (Å²) in [5, 5.41) is 21.3. The number of hydrogen-bond donors (Lipinski definition) is 3. The first-order valence-electron chi connectivity index (χ1n) is 4.92. The second-order valence-corrected chi connectivity index (χ2v) is 3.32. The Morgan fingerprint density at radius 2 is 1.81 bits per heavy atom. The summed E-state index contributed by atoms with van der Waals surface area (Å²) in [6, 6.07) is 1.29. The zero-order valence-corrected chi connectivity index (χ0v) is 10.5. The molecule has 3 N–H and O–H groups in total. The maximum Gasteiger partial charge on any atom is 0.221 e. The number of halogens is 1. The molecule has 1 aromatic rings. The molecule has 0 fully saturated rings. The highest BCUT2D eigenvalue weighted by molar-refractivity contribution is 6.32. The van der Waals surface area contributed by atoms with Crippen LogP contribution in [0.1, 0.15) is 26.3 Å². The Hall–Kier alpha value is -1.42. The van der Waals surface area contributed by atoms with Crippen LogP contribution in [0.3, 0.4) is 0 Å². The summed E-state index contributed by atoms with van der Waals surface area (Å²) in [7, 11) is 0. The van der Waals surface area contributed by atoms with Crippen LogP contribution in [0, 0.1) is 6.92 Å². The normalized spacial score (nSPS) is 9.06. The zero-order chi connectivity index (χ0) is 12.9. The van der Waals surface area contributed by atoms with Crippen molar-refractivity contribution >= 4 is 23.2 Å². The largest absolute Gasteiger partial charge is 0.506 e. The Morgan fingerprint density at radius 1 is 1.31 bits per heavy atom. The second kappa shape index (κ2) is 6.23. The molecule has 16 heavy (non-hydrogen) atoms. The molecule has 0 aliphatic carbocycles. The van der Waals surface area contributed by atoms with Crippen LogP contribution < -0.4 is 5.32 Å². The lowest BCUT2D eigenvalue weighted by Crippen LogP contribution is -2.06. The van der Waals surface area contributed by atoms with Crippen molar-refractivity contribution < 1.29 is 15.0 Å². The Bertz CT molecular complexity index is 391. The first-order valence-corrected chi connectivity index (χ1v) is 5.30. The number of hydrogen-bond acceptors (Lipinski definition) is 3. The fourth-order valence-corrected chi connectivity index (χ4v) is 1.29. The van der Waals surface area contributed by atoms with E-state index < -0.39 is 0 Å². The topological polar surface area (TPSA) is 69.6 Å². The summed E-state index contributed by atoms with van der Waals surface area (Å²) in [5.41, 5.74) is 0.430. The third-order valence-corrected chi connectivity index (χ3v) is 2.06. The van der Waals surface area contributed by atoms with Crippen molar-refractivity contribution in [1.29, 1.82) is 0 Å². The molecule has 1 rings (SSSR count). The number of carbonyl (C=O) groups is 1. The molecule has 0 aliphatic heterocycles. The van der Waals surface area contributed by atoms with Gasteiger partial charge in [-0.05, 0) is 13.0 Å². The molecular formula is C11H16ClNO3. The van der Waals surface area contributed by atoms with Crippen molar-refractivity contribution in [2.24, 2.45) is 0 Å². The Labute approximate surface area is 99.9 Å². The molecule has 0 aliphatic rings. The third kappa shape index (κ3) is 3.31. The summed E-state index contributed by atoms with van der Waals surface area (Å²) in [5.74, 6) is -0.679. The van der Waals surface area contributed by atoms with Gasteiger partial charge in [-0.3, -0.25) is 4.79 Å². The van der Waals surface area contributed by atoms with Crippen molar-refractivity contribution in [1.82, 2.24) is 0 Å². The van der Waals surface area contributed by atoms with Gasteiger partial charge in [-0.25, -0.2) is 0 Å². The van der Waals surface area contributed by atoms with E-state index in [4.69, 9.17) is 11.6 Å². The van der Waals surface area contributed by atoms with Crippen molar-refractivity contribution in [2.45, 2.75) is 27.7 Å². The Morgan fingerprint density at radius 3 is 2.25 bits per heavy atom. The van der Waals surface area contributed by atoms with Gasteiger partial charge in [-0.2, -0.15) is 0 Å². The number of carbonyl (C=O) groups excluding carboxylic acids is 1. The van der Waals surface area contributed by atoms with E-state index >= 15 is 0 Å². The molecule has 0 unspecified atom stereocenters. The molecule has 0 bridgehead atoms. The van der Waals surface area contributed by atoms with Crippen LogP contribution in [-0.2, 0) is 4.79 Å². The van der Waals surface area contributed by atoms with E-state index in [1.807, 2.05) is 13.8 Å². The molecule has 0 heterocycles. The van der Waals surface area contributed by atoms with Crippen LogP contribution in [0.25, 0.3) is 0 Å². The van der Waals surface area contributed by atoms with Gasteiger partial charge in [-0.1, -0.05) is 25.4 Å². The van der Waals surface area contributed by atoms with Crippen LogP contribution in [0.5, 0.6) is 11.5 Å². The molecule has 0 atom stereocenters. The van der Waals surface area contributed by atoms with Gasteiger partial charge in [-0.15, -0.1) is 0 Å². The van der Waals surface area contributed by atoms with E-state index in [0.29, 0.717) is 0 Å². The molecule has 0 saturated carbocycles. The van der Waals surface area contributed by atoms with Crippen LogP contribution in [0.2, 0.25) is 5.02 Å². The molecule has 4 nitrogen and oxygen atoms in total. The molecule has 5 heteroatoms. The summed E-state index contributed by atoms with van der Waals surface area (Å²) in [6.07, 6.45) is 0. The maximum absolute atomic E-state index is 10.7. The highest BCUT2D eigenvalue weighted by Gasteiger charge is 2.13. The Balaban J connectivity index is 0.00000106. The van der Waals surface area contributed by atoms with Crippen LogP contribution in [0.15, 0.2) is 6.07 Å². The van der Waals surface area contributed by atoms with E-state index in [-0.39, 0.29) is 33.7 Å². The number of phenolic OH excluding ortho intramolecular Hbond substituents is 2. The lowest BCUT2D eigenvalue weighted by molar-refractivity contribution is -0.114. The number of anilines is 1. The first-order chi connectivity index (χ1) is 7.43. The molecule has 0 aromatic heterocycles. The summed E-state index contributed by atoms with van der Waals surface area (Å²) in [6.45, 7) is 6.82. The molecular weight excluding hydrogens is 230 g/mol. The number of phenols is 2. The first kappa shape index (κ1) is 14.6. The highest BCUT2D eigenvalue weighted by atomic mass is 35.5. The van der Waals surface area contributed by atoms with Crippen LogP contribution in [0.4, 0.5) is 5.69 Å². The molecule has 0 spiro atoms. The van der Waals surface area contributed by atoms with Crippen molar-refractivity contribution in [3.05, 3.63) is 16.7 Å². The summed E-state index contributed by atoms with van der Waals surface area (Å²) < 4.78 is 0. The second-order valence-electron chi connectivity index (χ2n) is 2.91. The van der Waals surface area contributed by atoms with Crippen LogP contribution in [-0.4, -0.2) is 16.1 Å². The molecule has 90 valence electrons. The molecule has 0 radical (unpaired) electrons. The van der Waals surface area contributed by atoms with Gasteiger partial charge in [0.2, 0.25) is 5.91 Å². The summed E-state index contributed by atoms with van der Waals surface area (Å²) >= 11 is 5.66. The number of rotatable bonds is 1. The van der Waals surface area contributed by atoms with Crippen molar-refractivity contribution in [2.75, 3.05) is 5.32 Å².